The van der Waals surface area contributed by atoms with E-state index in [1.807, 2.05) is 6.08 Å². The van der Waals surface area contributed by atoms with Crippen molar-refractivity contribution in [1.29, 1.82) is 0 Å². The van der Waals surface area contributed by atoms with Crippen LogP contribution in [-0.2, 0) is 4.74 Å². The van der Waals surface area contributed by atoms with Gasteiger partial charge in [-0.25, -0.2) is 4.39 Å². The van der Waals surface area contributed by atoms with Gasteiger partial charge >= 0.3 is 0 Å². The minimum atomic E-state index is -0.316. The first-order valence-corrected chi connectivity index (χ1v) is 6.06. The van der Waals surface area contributed by atoms with Crippen LogP contribution in [0.1, 0.15) is 24.4 Å². The number of halogens is 2. The molecule has 1 heterocycles. The second-order valence-electron chi connectivity index (χ2n) is 3.95. The van der Waals surface area contributed by atoms with Crippen LogP contribution in [0.25, 0.3) is 0 Å². The molecule has 1 atom stereocenters. The van der Waals surface area contributed by atoms with Crippen LogP contribution in [0.5, 0.6) is 0 Å². The van der Waals surface area contributed by atoms with Gasteiger partial charge < -0.3 is 10.1 Å². The number of benzene rings is 1. The molecular formula is C13H15ClFNO. The van der Waals surface area contributed by atoms with Gasteiger partial charge in [-0.05, 0) is 38.1 Å². The Balaban J connectivity index is 2.38. The van der Waals surface area contributed by atoms with Crippen LogP contribution in [0.3, 0.4) is 0 Å². The Bertz CT molecular complexity index is 413. The Morgan fingerprint density at radius 2 is 2.29 bits per heavy atom. The molecule has 1 unspecified atom stereocenters. The number of rotatable bonds is 3. The lowest BCUT2D eigenvalue weighted by Crippen LogP contribution is -2.23. The third-order valence-electron chi connectivity index (χ3n) is 2.82. The van der Waals surface area contributed by atoms with Crippen LogP contribution in [0, 0.1) is 5.82 Å². The second kappa shape index (κ2) is 5.52. The maximum atomic E-state index is 13.8. The van der Waals surface area contributed by atoms with Gasteiger partial charge in [0.25, 0.3) is 0 Å². The van der Waals surface area contributed by atoms with Crippen LogP contribution >= 0.6 is 11.6 Å². The molecule has 0 aliphatic carbocycles. The number of allylic oxidation sites excluding steroid dienone is 1. The first-order valence-electron chi connectivity index (χ1n) is 5.68. The Kier molecular flexibility index (Phi) is 4.02. The molecule has 1 N–H and O–H groups in total. The molecule has 0 aromatic heterocycles. The highest BCUT2D eigenvalue weighted by Gasteiger charge is 2.23. The predicted molar refractivity (Wildman–Crippen MR) is 66.5 cm³/mol. The standard InChI is InChI=1S/C13H15ClFNO/c1-16-13(11-7-2-3-8-17-11)12-9(14)5-4-6-10(12)15/h4-7,13,16H,2-3,8H2,1H3. The Morgan fingerprint density at radius 3 is 2.88 bits per heavy atom. The summed E-state index contributed by atoms with van der Waals surface area (Å²) in [5, 5.41) is 3.47. The molecular weight excluding hydrogens is 241 g/mol. The molecule has 0 saturated carbocycles. The van der Waals surface area contributed by atoms with Crippen molar-refractivity contribution < 1.29 is 9.13 Å². The van der Waals surface area contributed by atoms with E-state index in [0.717, 1.165) is 18.6 Å². The number of ether oxygens (including phenoxy) is 1. The van der Waals surface area contributed by atoms with E-state index in [1.54, 1.807) is 19.2 Å². The summed E-state index contributed by atoms with van der Waals surface area (Å²) < 4.78 is 19.4. The summed E-state index contributed by atoms with van der Waals surface area (Å²) >= 11 is 6.06. The SMILES string of the molecule is CNC(C1=CCCCO1)c1c(F)cccc1Cl. The highest BCUT2D eigenvalue weighted by Crippen LogP contribution is 2.32. The summed E-state index contributed by atoms with van der Waals surface area (Å²) in [6, 6.07) is 4.39. The van der Waals surface area contributed by atoms with Gasteiger partial charge in [-0.3, -0.25) is 0 Å². The van der Waals surface area contributed by atoms with E-state index in [9.17, 15) is 4.39 Å². The van der Waals surface area contributed by atoms with Crippen molar-refractivity contribution in [2.45, 2.75) is 18.9 Å². The molecule has 4 heteroatoms. The minimum Gasteiger partial charge on any atom is -0.496 e. The second-order valence-corrected chi connectivity index (χ2v) is 4.36. The van der Waals surface area contributed by atoms with Crippen LogP contribution in [0.15, 0.2) is 30.0 Å². The zero-order valence-electron chi connectivity index (χ0n) is 9.67. The molecule has 1 aliphatic rings. The summed E-state index contributed by atoms with van der Waals surface area (Å²) in [6.45, 7) is 0.677. The average molecular weight is 256 g/mol. The Labute approximate surface area is 105 Å². The number of hydrogen-bond donors (Lipinski definition) is 1. The van der Waals surface area contributed by atoms with Crippen molar-refractivity contribution in [3.8, 4) is 0 Å². The minimum absolute atomic E-state index is 0.313. The normalized spacial score (nSPS) is 17.2. The lowest BCUT2D eigenvalue weighted by molar-refractivity contribution is 0.169. The van der Waals surface area contributed by atoms with Gasteiger partial charge in [0.2, 0.25) is 0 Å². The summed E-state index contributed by atoms with van der Waals surface area (Å²) in [5.74, 6) is 0.442. The molecule has 0 bridgehead atoms. The Hall–Kier alpha value is -1.06. The maximum absolute atomic E-state index is 13.8. The highest BCUT2D eigenvalue weighted by atomic mass is 35.5. The summed E-state index contributed by atoms with van der Waals surface area (Å²) in [5.41, 5.74) is 0.449. The fraction of sp³-hybridized carbons (Fsp3) is 0.385. The van der Waals surface area contributed by atoms with Crippen molar-refractivity contribution in [2.75, 3.05) is 13.7 Å². The van der Waals surface area contributed by atoms with E-state index >= 15 is 0 Å². The molecule has 92 valence electrons. The number of nitrogens with one attached hydrogen (secondary N) is 1. The van der Waals surface area contributed by atoms with Crippen LogP contribution < -0.4 is 5.32 Å². The molecule has 17 heavy (non-hydrogen) atoms. The molecule has 0 radical (unpaired) electrons. The third kappa shape index (κ3) is 2.61. The lowest BCUT2D eigenvalue weighted by atomic mass is 10.0. The van der Waals surface area contributed by atoms with Gasteiger partial charge in [0.1, 0.15) is 11.6 Å². The molecule has 0 saturated heterocycles. The predicted octanol–water partition coefficient (Wildman–Crippen LogP) is 3.43. The molecule has 2 rings (SSSR count). The quantitative estimate of drug-likeness (QED) is 0.894. The van der Waals surface area contributed by atoms with Gasteiger partial charge in [-0.1, -0.05) is 17.7 Å². The topological polar surface area (TPSA) is 21.3 Å². The zero-order chi connectivity index (χ0) is 12.3. The van der Waals surface area contributed by atoms with Crippen LogP contribution in [0.4, 0.5) is 4.39 Å². The van der Waals surface area contributed by atoms with Crippen molar-refractivity contribution in [2.24, 2.45) is 0 Å². The van der Waals surface area contributed by atoms with Gasteiger partial charge in [0.15, 0.2) is 0 Å². The molecule has 0 fully saturated rings. The van der Waals surface area contributed by atoms with E-state index in [0.29, 0.717) is 17.2 Å². The zero-order valence-corrected chi connectivity index (χ0v) is 10.4. The van der Waals surface area contributed by atoms with E-state index in [4.69, 9.17) is 16.3 Å². The van der Waals surface area contributed by atoms with Crippen molar-refractivity contribution in [1.82, 2.24) is 5.32 Å². The van der Waals surface area contributed by atoms with Crippen LogP contribution in [-0.4, -0.2) is 13.7 Å². The van der Waals surface area contributed by atoms with E-state index < -0.39 is 0 Å². The summed E-state index contributed by atoms with van der Waals surface area (Å²) in [6.07, 6.45) is 3.96. The highest BCUT2D eigenvalue weighted by molar-refractivity contribution is 6.31. The number of hydrogen-bond acceptors (Lipinski definition) is 2. The smallest absolute Gasteiger partial charge is 0.129 e. The van der Waals surface area contributed by atoms with E-state index in [2.05, 4.69) is 5.32 Å². The van der Waals surface area contributed by atoms with Gasteiger partial charge in [-0.15, -0.1) is 0 Å². The Morgan fingerprint density at radius 1 is 1.47 bits per heavy atom. The van der Waals surface area contributed by atoms with E-state index in [1.165, 1.54) is 6.07 Å². The molecule has 0 spiro atoms. The monoisotopic (exact) mass is 255 g/mol. The molecule has 2 nitrogen and oxygen atoms in total. The maximum Gasteiger partial charge on any atom is 0.129 e. The molecule has 1 aromatic carbocycles. The third-order valence-corrected chi connectivity index (χ3v) is 3.15. The molecule has 0 amide bonds. The molecule has 1 aliphatic heterocycles. The fourth-order valence-electron chi connectivity index (χ4n) is 1.99. The average Bonchev–Trinajstić information content (AvgIpc) is 2.35. The van der Waals surface area contributed by atoms with Crippen LogP contribution in [0.2, 0.25) is 5.02 Å². The lowest BCUT2D eigenvalue weighted by Gasteiger charge is -2.24. The van der Waals surface area contributed by atoms with Gasteiger partial charge in [-0.2, -0.15) is 0 Å². The van der Waals surface area contributed by atoms with Gasteiger partial charge in [0.05, 0.1) is 12.6 Å². The summed E-state index contributed by atoms with van der Waals surface area (Å²) in [4.78, 5) is 0. The largest absolute Gasteiger partial charge is 0.496 e. The van der Waals surface area contributed by atoms with Crippen molar-refractivity contribution in [3.63, 3.8) is 0 Å². The summed E-state index contributed by atoms with van der Waals surface area (Å²) in [7, 11) is 1.77. The van der Waals surface area contributed by atoms with E-state index in [-0.39, 0.29) is 11.9 Å². The number of likely N-dealkylation sites (N-methyl/N-ethyl adjacent to an activating group) is 1. The first-order chi connectivity index (χ1) is 8.24. The van der Waals surface area contributed by atoms with Gasteiger partial charge in [0, 0.05) is 10.6 Å². The fourth-order valence-corrected chi connectivity index (χ4v) is 2.27. The van der Waals surface area contributed by atoms with Crippen molar-refractivity contribution >= 4 is 11.6 Å². The van der Waals surface area contributed by atoms with Crippen molar-refractivity contribution in [3.05, 3.63) is 46.4 Å². The first kappa shape index (κ1) is 12.4. The molecule has 1 aromatic rings.